The molecule has 9 heavy (non-hydrogen) atoms. The van der Waals surface area contributed by atoms with Crippen molar-refractivity contribution in [3.8, 4) is 0 Å². The van der Waals surface area contributed by atoms with Crippen molar-refractivity contribution in [2.45, 2.75) is 6.40 Å². The third-order valence-corrected chi connectivity index (χ3v) is 1.14. The van der Waals surface area contributed by atoms with Crippen LogP contribution in [-0.4, -0.2) is 24.4 Å². The van der Waals surface area contributed by atoms with Crippen LogP contribution in [0.25, 0.3) is 0 Å². The van der Waals surface area contributed by atoms with Crippen molar-refractivity contribution < 1.29 is 46.6 Å². The van der Waals surface area contributed by atoms with Gasteiger partial charge in [0.15, 0.2) is 0 Å². The van der Waals surface area contributed by atoms with Crippen LogP contribution in [-0.2, 0) is 10.1 Å². The van der Waals surface area contributed by atoms with E-state index in [4.69, 9.17) is 4.11 Å². The normalized spacial score (nSPS) is 20.4. The second kappa shape index (κ2) is 6.00. The van der Waals surface area contributed by atoms with Gasteiger partial charge in [-0.2, -0.15) is 12.6 Å². The molecule has 0 N–H and O–H groups in total. The van der Waals surface area contributed by atoms with Gasteiger partial charge in [0.2, 0.25) is 0 Å². The summed E-state index contributed by atoms with van der Waals surface area (Å²) in [6, 6.07) is 0. The zero-order valence-corrected chi connectivity index (χ0v) is 8.58. The molecule has 6 heteroatoms. The minimum absolute atomic E-state index is 0. The van der Waals surface area contributed by atoms with E-state index in [1.165, 1.54) is 0 Å². The van der Waals surface area contributed by atoms with E-state index >= 15 is 0 Å². The number of thiol groups is 1. The molecule has 0 aliphatic rings. The number of hydrogen-bond acceptors (Lipinski definition) is 4. The van der Waals surface area contributed by atoms with Crippen molar-refractivity contribution in [2.24, 2.45) is 0 Å². The van der Waals surface area contributed by atoms with Gasteiger partial charge in [0.25, 0.3) is 0 Å². The van der Waals surface area contributed by atoms with Gasteiger partial charge in [-0.3, -0.25) is 0 Å². The van der Waals surface area contributed by atoms with Gasteiger partial charge in [-0.1, -0.05) is 0 Å². The van der Waals surface area contributed by atoms with Crippen LogP contribution >= 0.6 is 12.6 Å². The summed E-state index contributed by atoms with van der Waals surface area (Å²) >= 11 is 3.30. The smallest absolute Gasteiger partial charge is 0.748 e. The quantitative estimate of drug-likeness (QED) is 0.284. The largest absolute Gasteiger partial charge is 1.00 e. The first-order chi connectivity index (χ1) is 4.63. The van der Waals surface area contributed by atoms with E-state index in [-0.39, 0.29) is 29.6 Å². The SMILES string of the molecule is [2H]C(CS(=O)(=O)[O-])C([2H])([2H])S.[Na+]. The fourth-order valence-electron chi connectivity index (χ4n) is 0.139. The van der Waals surface area contributed by atoms with Crippen molar-refractivity contribution in [3.63, 3.8) is 0 Å². The molecule has 1 unspecified atom stereocenters. The molecular weight excluding hydrogens is 171 g/mol. The molecule has 0 fully saturated rings. The first-order valence-corrected chi connectivity index (χ1v) is 3.73. The zero-order chi connectivity index (χ0) is 9.28. The predicted octanol–water partition coefficient (Wildman–Crippen LogP) is -3.14. The van der Waals surface area contributed by atoms with Gasteiger partial charge in [-0.25, -0.2) is 8.42 Å². The summed E-state index contributed by atoms with van der Waals surface area (Å²) in [5.74, 6) is -1.05. The second-order valence-corrected chi connectivity index (χ2v) is 2.76. The standard InChI is InChI=1S/C3H8O3S2.Na/c4-8(5,6)3-1-2-7;/h7H,1-3H2,(H,4,5,6);/q;+1/p-1/i1D,2D2;. The first-order valence-electron chi connectivity index (χ1n) is 3.29. The molecule has 0 aromatic rings. The molecular formula is C3H7NaO3S2. The first kappa shape index (κ1) is 6.94. The summed E-state index contributed by atoms with van der Waals surface area (Å²) in [4.78, 5) is 0. The van der Waals surface area contributed by atoms with Crippen LogP contribution in [0.15, 0.2) is 0 Å². The Morgan fingerprint density at radius 1 is 1.67 bits per heavy atom. The third kappa shape index (κ3) is 12.5. The van der Waals surface area contributed by atoms with Crippen LogP contribution in [0.1, 0.15) is 10.5 Å². The maximum Gasteiger partial charge on any atom is 1.00 e. The summed E-state index contributed by atoms with van der Waals surface area (Å²) in [6.45, 7) is 0. The van der Waals surface area contributed by atoms with E-state index in [2.05, 4.69) is 12.6 Å². The molecule has 0 aliphatic heterocycles. The molecule has 0 aliphatic carbocycles. The summed E-state index contributed by atoms with van der Waals surface area (Å²) in [6.07, 6.45) is -1.65. The monoisotopic (exact) mass is 181 g/mol. The van der Waals surface area contributed by atoms with Gasteiger partial charge in [-0.15, -0.1) is 0 Å². The van der Waals surface area contributed by atoms with Crippen molar-refractivity contribution in [2.75, 3.05) is 11.5 Å². The molecule has 0 spiro atoms. The summed E-state index contributed by atoms with van der Waals surface area (Å²) in [7, 11) is -4.53. The number of rotatable bonds is 3. The van der Waals surface area contributed by atoms with Crippen molar-refractivity contribution in [3.05, 3.63) is 0 Å². The second-order valence-electron chi connectivity index (χ2n) is 1.06. The Balaban J connectivity index is 0. The molecule has 0 heterocycles. The van der Waals surface area contributed by atoms with Crippen LogP contribution in [0.3, 0.4) is 0 Å². The minimum atomic E-state index is -4.53. The van der Waals surface area contributed by atoms with Gasteiger partial charge in [0.05, 0.1) is 10.1 Å². The minimum Gasteiger partial charge on any atom is -0.748 e. The van der Waals surface area contributed by atoms with Crippen LogP contribution < -0.4 is 29.6 Å². The molecule has 1 atom stereocenters. The molecule has 0 bridgehead atoms. The van der Waals surface area contributed by atoms with Gasteiger partial charge < -0.3 is 4.55 Å². The number of hydrogen-bond donors (Lipinski definition) is 1. The van der Waals surface area contributed by atoms with Crippen LogP contribution in [0.5, 0.6) is 0 Å². The van der Waals surface area contributed by atoms with Gasteiger partial charge >= 0.3 is 29.6 Å². The van der Waals surface area contributed by atoms with Crippen LogP contribution in [0.2, 0.25) is 0 Å². The van der Waals surface area contributed by atoms with E-state index in [1.54, 1.807) is 0 Å². The Morgan fingerprint density at radius 2 is 2.11 bits per heavy atom. The summed E-state index contributed by atoms with van der Waals surface area (Å²) in [5, 5.41) is 0. The van der Waals surface area contributed by atoms with E-state index in [1.807, 2.05) is 0 Å². The molecule has 50 valence electrons. The van der Waals surface area contributed by atoms with E-state index in [0.29, 0.717) is 0 Å². The maximum absolute atomic E-state index is 10.0. The molecule has 0 aromatic carbocycles. The van der Waals surface area contributed by atoms with Crippen molar-refractivity contribution >= 4 is 22.7 Å². The fraction of sp³-hybridized carbons (Fsp3) is 1.00. The van der Waals surface area contributed by atoms with Gasteiger partial charge in [0.1, 0.15) is 0 Å². The Hall–Kier alpha value is 1.26. The third-order valence-electron chi connectivity index (χ3n) is 0.379. The van der Waals surface area contributed by atoms with E-state index in [0.717, 1.165) is 0 Å². The summed E-state index contributed by atoms with van der Waals surface area (Å²) < 4.78 is 50.4. The fourth-order valence-corrected chi connectivity index (χ4v) is 0.642. The Labute approximate surface area is 86.9 Å². The van der Waals surface area contributed by atoms with Crippen molar-refractivity contribution in [1.29, 1.82) is 0 Å². The predicted molar refractivity (Wildman–Crippen MR) is 33.0 cm³/mol. The molecule has 0 amide bonds. The van der Waals surface area contributed by atoms with Gasteiger partial charge in [-0.05, 0) is 12.1 Å². The Kier molecular flexibility index (Phi) is 4.63. The molecule has 0 rings (SSSR count). The molecule has 0 saturated carbocycles. The zero-order valence-electron chi connectivity index (χ0n) is 7.86. The topological polar surface area (TPSA) is 57.2 Å². The van der Waals surface area contributed by atoms with Crippen molar-refractivity contribution in [1.82, 2.24) is 0 Å². The van der Waals surface area contributed by atoms with E-state index < -0.39 is 28.0 Å². The molecule has 0 saturated heterocycles. The van der Waals surface area contributed by atoms with Gasteiger partial charge in [0, 0.05) is 9.87 Å². The maximum atomic E-state index is 10.0. The average Bonchev–Trinajstić information content (AvgIpc) is 1.56. The molecule has 0 aromatic heterocycles. The Morgan fingerprint density at radius 3 is 2.22 bits per heavy atom. The van der Waals surface area contributed by atoms with Crippen LogP contribution in [0, 0.1) is 0 Å². The molecule has 3 nitrogen and oxygen atoms in total. The molecule has 0 radical (unpaired) electrons. The summed E-state index contributed by atoms with van der Waals surface area (Å²) in [5.41, 5.74) is -2.25. The van der Waals surface area contributed by atoms with Crippen LogP contribution in [0.4, 0.5) is 0 Å². The Bertz CT molecular complexity index is 223. The average molecular weight is 181 g/mol. The van der Waals surface area contributed by atoms with E-state index in [9.17, 15) is 13.0 Å².